The van der Waals surface area contributed by atoms with E-state index < -0.39 is 24.5 Å². The predicted octanol–water partition coefficient (Wildman–Crippen LogP) is 4.31. The molecule has 0 unspecified atom stereocenters. The van der Waals surface area contributed by atoms with Gasteiger partial charge in [0.2, 0.25) is 0 Å². The van der Waals surface area contributed by atoms with E-state index in [-0.39, 0.29) is 18.7 Å². The van der Waals surface area contributed by atoms with Crippen molar-refractivity contribution in [2.45, 2.75) is 12.4 Å². The molecule has 1 aromatic heterocycles. The lowest BCUT2D eigenvalue weighted by molar-refractivity contribution is -0.172. The van der Waals surface area contributed by atoms with Crippen LogP contribution in [0.2, 0.25) is 0 Å². The molecule has 0 amide bonds. The average molecular weight is 344 g/mol. The molecule has 3 nitrogen and oxygen atoms in total. The van der Waals surface area contributed by atoms with Crippen molar-refractivity contribution in [3.05, 3.63) is 23.8 Å². The molecule has 0 atom stereocenters. The second-order valence-corrected chi connectivity index (χ2v) is 5.32. The molecule has 1 N–H and O–H groups in total. The molecule has 1 aromatic carbocycles. The van der Waals surface area contributed by atoms with Crippen molar-refractivity contribution in [1.29, 1.82) is 0 Å². The number of hydrogen-bond acceptors (Lipinski definition) is 4. The minimum atomic E-state index is -4.45. The number of fused-ring (bicyclic) bond motifs is 1. The third kappa shape index (κ3) is 4.73. The van der Waals surface area contributed by atoms with E-state index in [0.717, 1.165) is 23.5 Å². The van der Waals surface area contributed by atoms with Gasteiger partial charge in [-0.25, -0.2) is 4.98 Å². The van der Waals surface area contributed by atoms with Crippen LogP contribution in [0.15, 0.2) is 18.2 Å². The van der Waals surface area contributed by atoms with Crippen molar-refractivity contribution < 1.29 is 31.1 Å². The number of anilines is 1. The normalized spacial score (nSPS) is 12.8. The summed E-state index contributed by atoms with van der Waals surface area (Å²) in [5.74, 6) is 0. The van der Waals surface area contributed by atoms with E-state index >= 15 is 0 Å². The van der Waals surface area contributed by atoms with Gasteiger partial charge >= 0.3 is 12.4 Å². The minimum absolute atomic E-state index is 0.0715. The highest BCUT2D eigenvalue weighted by atomic mass is 32.1. The van der Waals surface area contributed by atoms with E-state index in [1.165, 1.54) is 6.07 Å². The third-order valence-corrected chi connectivity index (χ3v) is 3.50. The summed E-state index contributed by atoms with van der Waals surface area (Å²) in [4.78, 5) is 3.96. The van der Waals surface area contributed by atoms with Gasteiger partial charge in [-0.2, -0.15) is 26.3 Å². The topological polar surface area (TPSA) is 34.1 Å². The molecule has 2 aromatic rings. The first-order valence-corrected chi connectivity index (χ1v) is 6.83. The second kappa shape index (κ2) is 6.29. The zero-order valence-corrected chi connectivity index (χ0v) is 11.7. The van der Waals surface area contributed by atoms with Crippen molar-refractivity contribution in [1.82, 2.24) is 4.98 Å². The lowest BCUT2D eigenvalue weighted by Gasteiger charge is -2.07. The van der Waals surface area contributed by atoms with E-state index in [4.69, 9.17) is 0 Å². The molecular weight excluding hydrogens is 334 g/mol. The predicted molar refractivity (Wildman–Crippen MR) is 70.0 cm³/mol. The van der Waals surface area contributed by atoms with E-state index in [9.17, 15) is 26.3 Å². The maximum Gasteiger partial charge on any atom is 0.416 e. The van der Waals surface area contributed by atoms with Crippen molar-refractivity contribution in [2.75, 3.05) is 25.1 Å². The van der Waals surface area contributed by atoms with Crippen LogP contribution in [0, 0.1) is 0 Å². The van der Waals surface area contributed by atoms with Crippen molar-refractivity contribution in [2.24, 2.45) is 0 Å². The van der Waals surface area contributed by atoms with Crippen LogP contribution in [-0.2, 0) is 10.9 Å². The van der Waals surface area contributed by atoms with Gasteiger partial charge in [0.05, 0.1) is 22.4 Å². The molecular formula is C12H10F6N2OS. The number of alkyl halides is 6. The summed E-state index contributed by atoms with van der Waals surface area (Å²) in [6.07, 6.45) is -8.83. The Bertz CT molecular complexity index is 637. The van der Waals surface area contributed by atoms with E-state index in [1.54, 1.807) is 0 Å². The Balaban J connectivity index is 1.93. The standard InChI is InChI=1S/C12H10F6N2OS/c13-11(14,15)6-21-4-3-19-10-20-8-5-7(12(16,17)18)1-2-9(8)22-10/h1-2,5H,3-4,6H2,(H,19,20). The van der Waals surface area contributed by atoms with Crippen molar-refractivity contribution >= 4 is 26.7 Å². The maximum absolute atomic E-state index is 12.6. The zero-order chi connectivity index (χ0) is 16.4. The smallest absolute Gasteiger partial charge is 0.370 e. The van der Waals surface area contributed by atoms with Crippen LogP contribution in [0.3, 0.4) is 0 Å². The number of aromatic nitrogens is 1. The van der Waals surface area contributed by atoms with E-state index in [2.05, 4.69) is 15.0 Å². The van der Waals surface area contributed by atoms with E-state index in [0.29, 0.717) is 9.83 Å². The molecule has 0 aliphatic heterocycles. The number of thiazole rings is 1. The fourth-order valence-corrected chi connectivity index (χ4v) is 2.47. The minimum Gasteiger partial charge on any atom is -0.370 e. The number of rotatable bonds is 5. The highest BCUT2D eigenvalue weighted by molar-refractivity contribution is 7.22. The molecule has 0 radical (unpaired) electrons. The molecule has 22 heavy (non-hydrogen) atoms. The second-order valence-electron chi connectivity index (χ2n) is 4.29. The van der Waals surface area contributed by atoms with Gasteiger partial charge in [0, 0.05) is 6.54 Å². The molecule has 0 aliphatic carbocycles. The van der Waals surface area contributed by atoms with Crippen molar-refractivity contribution in [3.8, 4) is 0 Å². The lowest BCUT2D eigenvalue weighted by atomic mass is 10.2. The molecule has 0 aliphatic rings. The van der Waals surface area contributed by atoms with Gasteiger partial charge in [-0.05, 0) is 18.2 Å². The Morgan fingerprint density at radius 3 is 2.50 bits per heavy atom. The van der Waals surface area contributed by atoms with Crippen LogP contribution in [-0.4, -0.2) is 30.9 Å². The van der Waals surface area contributed by atoms with Gasteiger partial charge in [0.25, 0.3) is 0 Å². The largest absolute Gasteiger partial charge is 0.416 e. The van der Waals surface area contributed by atoms with Crippen LogP contribution in [0.4, 0.5) is 31.5 Å². The van der Waals surface area contributed by atoms with Crippen LogP contribution in [0.25, 0.3) is 10.2 Å². The molecule has 2 rings (SSSR count). The first kappa shape index (κ1) is 16.8. The Morgan fingerprint density at radius 1 is 1.14 bits per heavy atom. The van der Waals surface area contributed by atoms with Crippen LogP contribution < -0.4 is 5.32 Å². The highest BCUT2D eigenvalue weighted by Gasteiger charge is 2.30. The third-order valence-electron chi connectivity index (χ3n) is 2.50. The first-order chi connectivity index (χ1) is 10.1. The van der Waals surface area contributed by atoms with Gasteiger partial charge in [-0.15, -0.1) is 0 Å². The molecule has 0 saturated carbocycles. The lowest BCUT2D eigenvalue weighted by Crippen LogP contribution is -2.20. The summed E-state index contributed by atoms with van der Waals surface area (Å²) in [5.41, 5.74) is -0.621. The summed E-state index contributed by atoms with van der Waals surface area (Å²) in [5, 5.41) is 3.04. The van der Waals surface area contributed by atoms with Crippen LogP contribution >= 0.6 is 11.3 Å². The molecule has 0 spiro atoms. The number of benzene rings is 1. The zero-order valence-electron chi connectivity index (χ0n) is 10.9. The Labute approximate surface area is 124 Å². The fraction of sp³-hybridized carbons (Fsp3) is 0.417. The summed E-state index contributed by atoms with van der Waals surface area (Å²) in [7, 11) is 0. The Kier molecular flexibility index (Phi) is 4.81. The fourth-order valence-electron chi connectivity index (χ4n) is 1.60. The van der Waals surface area contributed by atoms with Gasteiger partial charge in [-0.1, -0.05) is 11.3 Å². The van der Waals surface area contributed by atoms with Crippen LogP contribution in [0.1, 0.15) is 5.56 Å². The van der Waals surface area contributed by atoms with Gasteiger partial charge in [-0.3, -0.25) is 0 Å². The quantitative estimate of drug-likeness (QED) is 0.648. The first-order valence-electron chi connectivity index (χ1n) is 6.01. The average Bonchev–Trinajstić information content (AvgIpc) is 2.77. The number of halogens is 6. The molecule has 0 saturated heterocycles. The summed E-state index contributed by atoms with van der Waals surface area (Å²) < 4.78 is 78.1. The number of nitrogens with one attached hydrogen (secondary N) is 1. The molecule has 0 bridgehead atoms. The molecule has 1 heterocycles. The summed E-state index contributed by atoms with van der Waals surface area (Å²) >= 11 is 1.11. The SMILES string of the molecule is FC(F)(F)COCCNc1nc2cc(C(F)(F)F)ccc2s1. The monoisotopic (exact) mass is 344 g/mol. The number of hydrogen-bond donors (Lipinski definition) is 1. The van der Waals surface area contributed by atoms with Gasteiger partial charge in [0.1, 0.15) is 6.61 Å². The Hall–Kier alpha value is -1.55. The van der Waals surface area contributed by atoms with Gasteiger partial charge < -0.3 is 10.1 Å². The van der Waals surface area contributed by atoms with Crippen molar-refractivity contribution in [3.63, 3.8) is 0 Å². The molecule has 122 valence electrons. The maximum atomic E-state index is 12.6. The molecule has 10 heteroatoms. The van der Waals surface area contributed by atoms with Crippen LogP contribution in [0.5, 0.6) is 0 Å². The summed E-state index contributed by atoms with van der Waals surface area (Å²) in [6.45, 7) is -1.46. The highest BCUT2D eigenvalue weighted by Crippen LogP contribution is 2.33. The molecule has 0 fully saturated rings. The Morgan fingerprint density at radius 2 is 1.86 bits per heavy atom. The van der Waals surface area contributed by atoms with E-state index in [1.807, 2.05) is 0 Å². The summed E-state index contributed by atoms with van der Waals surface area (Å²) in [6, 6.07) is 3.19. The van der Waals surface area contributed by atoms with Gasteiger partial charge in [0.15, 0.2) is 5.13 Å². The number of ether oxygens (including phenoxy) is 1. The number of nitrogens with zero attached hydrogens (tertiary/aromatic N) is 1.